The van der Waals surface area contributed by atoms with E-state index >= 15 is 0 Å². The lowest BCUT2D eigenvalue weighted by molar-refractivity contribution is -0.0558. The maximum atomic E-state index is 12.3. The molecule has 0 amide bonds. The fourth-order valence-corrected chi connectivity index (χ4v) is 4.47. The van der Waals surface area contributed by atoms with E-state index in [1.807, 2.05) is 0 Å². The van der Waals surface area contributed by atoms with Gasteiger partial charge in [0, 0.05) is 6.20 Å². The number of nitrogen functional groups attached to an aromatic ring is 1. The maximum Gasteiger partial charge on any atom is 0.485 e. The van der Waals surface area contributed by atoms with Crippen LogP contribution in [0.3, 0.4) is 0 Å². The van der Waals surface area contributed by atoms with Crippen molar-refractivity contribution in [3.05, 3.63) is 22.7 Å². The van der Waals surface area contributed by atoms with Gasteiger partial charge in [0.25, 0.3) is 0 Å². The van der Waals surface area contributed by atoms with Gasteiger partial charge in [-0.25, -0.2) is 13.9 Å². The number of rotatable bonds is 8. The average molecular weight is 446 g/mol. The highest BCUT2D eigenvalue weighted by atomic mass is 31.3. The normalized spacial score (nSPS) is 28.8. The van der Waals surface area contributed by atoms with Crippen molar-refractivity contribution in [2.75, 3.05) is 12.3 Å². The van der Waals surface area contributed by atoms with Crippen molar-refractivity contribution in [3.63, 3.8) is 0 Å². The summed E-state index contributed by atoms with van der Waals surface area (Å²) in [5, 5.41) is 20.2. The molecule has 0 spiro atoms. The van der Waals surface area contributed by atoms with Gasteiger partial charge >= 0.3 is 21.3 Å². The lowest BCUT2D eigenvalue weighted by Crippen LogP contribution is -2.36. The number of nitrogens with zero attached hydrogens (tertiary/aromatic N) is 2. The standard InChI is InChI=1S/C11H20N4O11P2/c1-5(12)25-28(22,26-27(19,20)21)23-4-6-8(16)9(17)10(24-6)15-3-2-7(13)14-11(15)18/h2-3,5-6,8-10,16-17H,4,12H2,1H3,(H2,13,14,18)(H2,19,20,21)/t5?,6-,8?,9?,10-,28?/m1/s1. The van der Waals surface area contributed by atoms with E-state index in [0.29, 0.717) is 0 Å². The Labute approximate surface area is 157 Å². The number of aromatic nitrogens is 2. The van der Waals surface area contributed by atoms with Crippen LogP contribution in [-0.2, 0) is 27.2 Å². The second-order valence-corrected chi connectivity index (χ2v) is 8.71. The van der Waals surface area contributed by atoms with Crippen LogP contribution in [-0.4, -0.2) is 60.7 Å². The average Bonchev–Trinajstić information content (AvgIpc) is 2.79. The Morgan fingerprint density at radius 2 is 2.00 bits per heavy atom. The first-order valence-corrected chi connectivity index (χ1v) is 10.6. The number of phosphoric ester groups is 1. The largest absolute Gasteiger partial charge is 0.485 e. The molecule has 6 atom stereocenters. The number of hydrogen-bond donors (Lipinski definition) is 6. The van der Waals surface area contributed by atoms with Crippen LogP contribution >= 0.6 is 15.6 Å². The van der Waals surface area contributed by atoms with Crippen molar-refractivity contribution in [3.8, 4) is 0 Å². The maximum absolute atomic E-state index is 12.3. The highest BCUT2D eigenvalue weighted by Gasteiger charge is 2.46. The molecule has 1 aliphatic rings. The van der Waals surface area contributed by atoms with Gasteiger partial charge in [-0.15, -0.1) is 0 Å². The van der Waals surface area contributed by atoms with Crippen molar-refractivity contribution < 1.29 is 47.2 Å². The van der Waals surface area contributed by atoms with Gasteiger partial charge in [0.05, 0.1) is 6.61 Å². The third-order valence-corrected chi connectivity index (χ3v) is 6.07. The van der Waals surface area contributed by atoms with Crippen LogP contribution in [0.15, 0.2) is 17.1 Å². The van der Waals surface area contributed by atoms with Gasteiger partial charge in [-0.05, 0) is 13.0 Å². The highest BCUT2D eigenvalue weighted by molar-refractivity contribution is 7.61. The summed E-state index contributed by atoms with van der Waals surface area (Å²) in [6, 6.07) is 1.26. The van der Waals surface area contributed by atoms with Crippen LogP contribution in [0.1, 0.15) is 13.2 Å². The van der Waals surface area contributed by atoms with E-state index in [9.17, 15) is 24.1 Å². The van der Waals surface area contributed by atoms with Gasteiger partial charge in [0.15, 0.2) is 6.23 Å². The van der Waals surface area contributed by atoms with E-state index in [0.717, 1.165) is 4.57 Å². The number of aliphatic hydroxyl groups excluding tert-OH is 2. The Hall–Kier alpha value is -1.22. The summed E-state index contributed by atoms with van der Waals surface area (Å²) in [6.07, 6.45) is -6.13. The van der Waals surface area contributed by atoms with Gasteiger partial charge in [0.1, 0.15) is 30.4 Å². The van der Waals surface area contributed by atoms with E-state index in [4.69, 9.17) is 30.5 Å². The molecule has 0 bridgehead atoms. The Morgan fingerprint density at radius 3 is 2.54 bits per heavy atom. The Kier molecular flexibility index (Phi) is 7.12. The van der Waals surface area contributed by atoms with E-state index in [1.165, 1.54) is 19.2 Å². The molecule has 28 heavy (non-hydrogen) atoms. The van der Waals surface area contributed by atoms with Crippen molar-refractivity contribution in [2.45, 2.75) is 37.7 Å². The van der Waals surface area contributed by atoms with Gasteiger partial charge in [0.2, 0.25) is 0 Å². The molecule has 0 saturated carbocycles. The molecular formula is C11H20N4O11P2. The fraction of sp³-hybridized carbons (Fsp3) is 0.636. The number of aliphatic hydroxyl groups is 2. The van der Waals surface area contributed by atoms with Gasteiger partial charge in [-0.1, -0.05) is 0 Å². The summed E-state index contributed by atoms with van der Waals surface area (Å²) < 4.78 is 42.8. The molecule has 15 nitrogen and oxygen atoms in total. The number of phosphoric acid groups is 2. The predicted molar refractivity (Wildman–Crippen MR) is 90.3 cm³/mol. The third-order valence-electron chi connectivity index (χ3n) is 3.36. The van der Waals surface area contributed by atoms with Crippen LogP contribution in [0, 0.1) is 0 Å². The van der Waals surface area contributed by atoms with Crippen molar-refractivity contribution in [2.24, 2.45) is 5.73 Å². The summed E-state index contributed by atoms with van der Waals surface area (Å²) in [6.45, 7) is 0.399. The molecule has 17 heteroatoms. The van der Waals surface area contributed by atoms with Crippen molar-refractivity contribution in [1.82, 2.24) is 9.55 Å². The second kappa shape index (κ2) is 8.65. The van der Waals surface area contributed by atoms with Gasteiger partial charge in [-0.3, -0.25) is 13.6 Å². The summed E-state index contributed by atoms with van der Waals surface area (Å²) >= 11 is 0. The quantitative estimate of drug-likeness (QED) is 0.187. The Balaban J connectivity index is 2.14. The van der Waals surface area contributed by atoms with Crippen LogP contribution < -0.4 is 17.2 Å². The second-order valence-electron chi connectivity index (χ2n) is 5.71. The fourth-order valence-electron chi connectivity index (χ4n) is 2.29. The minimum atomic E-state index is -5.29. The van der Waals surface area contributed by atoms with Crippen LogP contribution in [0.25, 0.3) is 0 Å². The number of ether oxygens (including phenoxy) is 1. The Bertz CT molecular complexity index is 842. The molecule has 2 heterocycles. The first-order chi connectivity index (χ1) is 12.8. The summed E-state index contributed by atoms with van der Waals surface area (Å²) in [5.41, 5.74) is 9.78. The van der Waals surface area contributed by atoms with Crippen molar-refractivity contribution in [1.29, 1.82) is 0 Å². The monoisotopic (exact) mass is 446 g/mol. The van der Waals surface area contributed by atoms with Gasteiger partial charge < -0.3 is 36.2 Å². The summed E-state index contributed by atoms with van der Waals surface area (Å²) in [7, 11) is -10.2. The molecule has 8 N–H and O–H groups in total. The minimum absolute atomic E-state index is 0.0715. The highest BCUT2D eigenvalue weighted by Crippen LogP contribution is 2.61. The molecule has 1 fully saturated rings. The Morgan fingerprint density at radius 1 is 1.36 bits per heavy atom. The molecule has 4 unspecified atom stereocenters. The molecule has 160 valence electrons. The van der Waals surface area contributed by atoms with Crippen LogP contribution in [0.2, 0.25) is 0 Å². The third kappa shape index (κ3) is 5.89. The van der Waals surface area contributed by atoms with Gasteiger partial charge in [-0.2, -0.15) is 9.29 Å². The predicted octanol–water partition coefficient (Wildman–Crippen LogP) is -2.00. The zero-order valence-corrected chi connectivity index (χ0v) is 16.1. The number of nitrogens with two attached hydrogens (primary N) is 2. The molecule has 1 saturated heterocycles. The van der Waals surface area contributed by atoms with Crippen LogP contribution in [0.5, 0.6) is 0 Å². The molecule has 1 aromatic rings. The smallest absolute Gasteiger partial charge is 0.387 e. The molecule has 2 rings (SSSR count). The summed E-state index contributed by atoms with van der Waals surface area (Å²) in [5.74, 6) is -0.0715. The first-order valence-electron chi connectivity index (χ1n) is 7.63. The van der Waals surface area contributed by atoms with Crippen LogP contribution in [0.4, 0.5) is 5.82 Å². The van der Waals surface area contributed by atoms with E-state index in [2.05, 4.69) is 13.8 Å². The molecule has 0 aromatic carbocycles. The van der Waals surface area contributed by atoms with Crippen molar-refractivity contribution >= 4 is 21.5 Å². The zero-order valence-electron chi connectivity index (χ0n) is 14.3. The molecule has 0 aliphatic carbocycles. The lowest BCUT2D eigenvalue weighted by atomic mass is 10.1. The number of anilines is 1. The minimum Gasteiger partial charge on any atom is -0.387 e. The topological polar surface area (TPSA) is 239 Å². The molecule has 0 radical (unpaired) electrons. The van der Waals surface area contributed by atoms with E-state index < -0.39 is 58.7 Å². The molecular weight excluding hydrogens is 426 g/mol. The van der Waals surface area contributed by atoms with E-state index in [-0.39, 0.29) is 5.82 Å². The lowest BCUT2D eigenvalue weighted by Gasteiger charge is -2.22. The SMILES string of the molecule is CC(N)OP(=O)(OC[C@H]1O[C@@H](n2ccc(N)nc2=O)C(O)C1O)OP(=O)(O)O. The molecule has 1 aliphatic heterocycles. The summed E-state index contributed by atoms with van der Waals surface area (Å²) in [4.78, 5) is 33.0. The molecule has 1 aromatic heterocycles. The number of hydrogen-bond acceptors (Lipinski definition) is 12. The zero-order chi connectivity index (χ0) is 21.3. The van der Waals surface area contributed by atoms with E-state index in [1.54, 1.807) is 0 Å². The first kappa shape index (κ1) is 23.1.